The van der Waals surface area contributed by atoms with Crippen molar-refractivity contribution in [1.29, 1.82) is 0 Å². The van der Waals surface area contributed by atoms with Gasteiger partial charge in [-0.3, -0.25) is 9.59 Å². The van der Waals surface area contributed by atoms with Gasteiger partial charge >= 0.3 is 5.97 Å². The lowest BCUT2D eigenvalue weighted by atomic mass is 9.80. The van der Waals surface area contributed by atoms with Gasteiger partial charge in [-0.15, -0.1) is 0 Å². The lowest BCUT2D eigenvalue weighted by molar-refractivity contribution is -0.153. The van der Waals surface area contributed by atoms with Gasteiger partial charge in [-0.25, -0.2) is 0 Å². The standard InChI is InChI=1S/C19H28O4/c1-19-7-6-12(8-17(19)23-19)2-5-16(20)11-22-18(21)14-4-3-13-9-15(13)10-14/h12-15,17H,2-11H2,1H3. The molecule has 0 N–H and O–H groups in total. The van der Waals surface area contributed by atoms with E-state index in [2.05, 4.69) is 6.92 Å². The van der Waals surface area contributed by atoms with Crippen LogP contribution < -0.4 is 0 Å². The van der Waals surface area contributed by atoms with E-state index in [1.54, 1.807) is 0 Å². The molecule has 4 rings (SSSR count). The molecule has 1 aliphatic heterocycles. The number of ketones is 1. The van der Waals surface area contributed by atoms with Crippen LogP contribution in [0.15, 0.2) is 0 Å². The van der Waals surface area contributed by atoms with Gasteiger partial charge in [0.1, 0.15) is 6.61 Å². The number of esters is 1. The maximum atomic E-state index is 12.1. The van der Waals surface area contributed by atoms with E-state index in [0.29, 0.717) is 18.4 Å². The molecule has 4 aliphatic rings. The Morgan fingerprint density at radius 2 is 2.00 bits per heavy atom. The summed E-state index contributed by atoms with van der Waals surface area (Å²) >= 11 is 0. The molecule has 0 aromatic rings. The Morgan fingerprint density at radius 1 is 1.13 bits per heavy atom. The van der Waals surface area contributed by atoms with E-state index in [-0.39, 0.29) is 29.9 Å². The molecule has 6 atom stereocenters. The van der Waals surface area contributed by atoms with Crippen molar-refractivity contribution in [3.63, 3.8) is 0 Å². The second kappa shape index (κ2) is 5.87. The summed E-state index contributed by atoms with van der Waals surface area (Å²) in [4.78, 5) is 24.1. The van der Waals surface area contributed by atoms with Gasteiger partial charge in [0.05, 0.1) is 17.6 Å². The van der Waals surface area contributed by atoms with Crippen LogP contribution in [0.1, 0.15) is 64.7 Å². The Bertz CT molecular complexity index is 502. The van der Waals surface area contributed by atoms with Crippen LogP contribution in [0.3, 0.4) is 0 Å². The zero-order chi connectivity index (χ0) is 16.0. The fourth-order valence-corrected chi connectivity index (χ4v) is 4.75. The highest BCUT2D eigenvalue weighted by molar-refractivity contribution is 5.82. The fraction of sp³-hybridized carbons (Fsp3) is 0.895. The highest BCUT2D eigenvalue weighted by Gasteiger charge is 2.54. The first-order valence-electron chi connectivity index (χ1n) is 9.39. The van der Waals surface area contributed by atoms with Crippen molar-refractivity contribution in [2.24, 2.45) is 23.7 Å². The summed E-state index contributed by atoms with van der Waals surface area (Å²) in [7, 11) is 0. The molecular weight excluding hydrogens is 292 g/mol. The Labute approximate surface area is 138 Å². The largest absolute Gasteiger partial charge is 0.457 e. The molecule has 4 nitrogen and oxygen atoms in total. The molecule has 6 unspecified atom stereocenters. The number of Topliss-reactive ketones (excluding diaryl/α,β-unsaturated/α-hetero) is 1. The quantitative estimate of drug-likeness (QED) is 0.557. The van der Waals surface area contributed by atoms with Crippen LogP contribution in [0.4, 0.5) is 0 Å². The summed E-state index contributed by atoms with van der Waals surface area (Å²) in [5, 5.41) is 0. The number of fused-ring (bicyclic) bond motifs is 2. The van der Waals surface area contributed by atoms with Crippen LogP contribution in [0.5, 0.6) is 0 Å². The maximum Gasteiger partial charge on any atom is 0.309 e. The van der Waals surface area contributed by atoms with Gasteiger partial charge in [-0.1, -0.05) is 0 Å². The molecule has 0 radical (unpaired) electrons. The van der Waals surface area contributed by atoms with Crippen molar-refractivity contribution >= 4 is 11.8 Å². The second-order valence-corrected chi connectivity index (χ2v) is 8.51. The predicted molar refractivity (Wildman–Crippen MR) is 84.8 cm³/mol. The molecule has 23 heavy (non-hydrogen) atoms. The number of carbonyl (C=O) groups is 2. The average Bonchev–Trinajstić information content (AvgIpc) is 3.43. The minimum absolute atomic E-state index is 0.0200. The van der Waals surface area contributed by atoms with Gasteiger partial charge < -0.3 is 9.47 Å². The van der Waals surface area contributed by atoms with Crippen molar-refractivity contribution in [3.05, 3.63) is 0 Å². The minimum Gasteiger partial charge on any atom is -0.457 e. The molecule has 0 aromatic carbocycles. The lowest BCUT2D eigenvalue weighted by Crippen LogP contribution is -2.25. The molecule has 128 valence electrons. The first kappa shape index (κ1) is 15.6. The van der Waals surface area contributed by atoms with Crippen molar-refractivity contribution in [3.8, 4) is 0 Å². The number of carbonyl (C=O) groups excluding carboxylic acids is 2. The lowest BCUT2D eigenvalue weighted by Gasteiger charge is -2.22. The summed E-state index contributed by atoms with van der Waals surface area (Å²) in [6.45, 7) is 2.17. The summed E-state index contributed by atoms with van der Waals surface area (Å²) in [5.41, 5.74) is 0.149. The summed E-state index contributed by atoms with van der Waals surface area (Å²) < 4.78 is 11.0. The number of rotatable bonds is 6. The van der Waals surface area contributed by atoms with Crippen LogP contribution in [0.2, 0.25) is 0 Å². The molecule has 1 heterocycles. The van der Waals surface area contributed by atoms with E-state index >= 15 is 0 Å². The van der Waals surface area contributed by atoms with Crippen molar-refractivity contribution in [2.75, 3.05) is 6.61 Å². The molecule has 0 bridgehead atoms. The second-order valence-electron chi connectivity index (χ2n) is 8.51. The van der Waals surface area contributed by atoms with Gasteiger partial charge in [-0.2, -0.15) is 0 Å². The van der Waals surface area contributed by atoms with Crippen molar-refractivity contribution < 1.29 is 19.1 Å². The number of epoxide rings is 1. The first-order valence-corrected chi connectivity index (χ1v) is 9.39. The minimum atomic E-state index is -0.136. The molecule has 4 heteroatoms. The SMILES string of the molecule is CC12CCC(CCC(=O)COC(=O)C3CCC4CC4C3)CC1O2. The number of ether oxygens (including phenoxy) is 2. The van der Waals surface area contributed by atoms with Crippen molar-refractivity contribution in [1.82, 2.24) is 0 Å². The molecule has 0 aromatic heterocycles. The number of hydrogen-bond donors (Lipinski definition) is 0. The molecule has 0 amide bonds. The fourth-order valence-electron chi connectivity index (χ4n) is 4.75. The normalized spacial score (nSPS) is 44.0. The molecule has 4 fully saturated rings. The Balaban J connectivity index is 1.12. The maximum absolute atomic E-state index is 12.1. The van der Waals surface area contributed by atoms with E-state index in [4.69, 9.17) is 9.47 Å². The summed E-state index contributed by atoms with van der Waals surface area (Å²) in [6, 6.07) is 0. The summed E-state index contributed by atoms with van der Waals surface area (Å²) in [5.74, 6) is 2.23. The average molecular weight is 320 g/mol. The monoisotopic (exact) mass is 320 g/mol. The Hall–Kier alpha value is -0.900. The van der Waals surface area contributed by atoms with Crippen LogP contribution >= 0.6 is 0 Å². The third-order valence-electron chi connectivity index (χ3n) is 6.71. The van der Waals surface area contributed by atoms with Gasteiger partial charge in [-0.05, 0) is 76.0 Å². The van der Waals surface area contributed by atoms with Crippen LogP contribution in [-0.4, -0.2) is 30.1 Å². The molecule has 3 saturated carbocycles. The van der Waals surface area contributed by atoms with E-state index in [1.807, 2.05) is 0 Å². The van der Waals surface area contributed by atoms with Crippen molar-refractivity contribution in [2.45, 2.75) is 76.4 Å². The van der Waals surface area contributed by atoms with Crippen LogP contribution in [0.25, 0.3) is 0 Å². The topological polar surface area (TPSA) is 55.9 Å². The third kappa shape index (κ3) is 3.47. The molecular formula is C19H28O4. The van der Waals surface area contributed by atoms with Crippen LogP contribution in [-0.2, 0) is 19.1 Å². The van der Waals surface area contributed by atoms with Gasteiger partial charge in [0.25, 0.3) is 0 Å². The van der Waals surface area contributed by atoms with E-state index in [0.717, 1.165) is 50.4 Å². The predicted octanol–water partition coefficient (Wildman–Crippen LogP) is 3.27. The van der Waals surface area contributed by atoms with Crippen LogP contribution in [0, 0.1) is 23.7 Å². The highest BCUT2D eigenvalue weighted by Crippen LogP contribution is 2.51. The van der Waals surface area contributed by atoms with E-state index in [9.17, 15) is 9.59 Å². The first-order chi connectivity index (χ1) is 11.0. The smallest absolute Gasteiger partial charge is 0.309 e. The Kier molecular flexibility index (Phi) is 3.99. The molecule has 3 aliphatic carbocycles. The van der Waals surface area contributed by atoms with Gasteiger partial charge in [0.15, 0.2) is 5.78 Å². The highest BCUT2D eigenvalue weighted by atomic mass is 16.6. The number of hydrogen-bond acceptors (Lipinski definition) is 4. The zero-order valence-corrected chi connectivity index (χ0v) is 14.1. The van der Waals surface area contributed by atoms with E-state index < -0.39 is 0 Å². The van der Waals surface area contributed by atoms with Gasteiger partial charge in [0.2, 0.25) is 0 Å². The van der Waals surface area contributed by atoms with Gasteiger partial charge in [0, 0.05) is 6.42 Å². The molecule has 0 spiro atoms. The zero-order valence-electron chi connectivity index (χ0n) is 14.1. The summed E-state index contributed by atoms with van der Waals surface area (Å²) in [6.07, 6.45) is 9.66. The Morgan fingerprint density at radius 3 is 2.78 bits per heavy atom. The molecule has 1 saturated heterocycles. The van der Waals surface area contributed by atoms with E-state index in [1.165, 1.54) is 12.8 Å². The third-order valence-corrected chi connectivity index (χ3v) is 6.71.